The van der Waals surface area contributed by atoms with Gasteiger partial charge >= 0.3 is 17.9 Å². The van der Waals surface area contributed by atoms with Gasteiger partial charge in [-0.3, -0.25) is 14.4 Å². The third-order valence-electron chi connectivity index (χ3n) is 10.1. The zero-order valence-electron chi connectivity index (χ0n) is 40.3. The van der Waals surface area contributed by atoms with Crippen molar-refractivity contribution in [2.45, 2.75) is 207 Å². The quantitative estimate of drug-likeness (QED) is 0.0200. The van der Waals surface area contributed by atoms with Gasteiger partial charge in [-0.25, -0.2) is 0 Å². The highest BCUT2D eigenvalue weighted by molar-refractivity contribution is 5.71. The second kappa shape index (κ2) is 50.5. The molecule has 0 bridgehead atoms. The molecule has 0 amide bonds. The van der Waals surface area contributed by atoms with Crippen molar-refractivity contribution in [3.05, 3.63) is 122 Å². The van der Waals surface area contributed by atoms with Crippen molar-refractivity contribution in [1.82, 2.24) is 0 Å². The van der Waals surface area contributed by atoms with E-state index < -0.39 is 6.10 Å². The average Bonchev–Trinajstić information content (AvgIpc) is 3.28. The summed E-state index contributed by atoms with van der Waals surface area (Å²) in [7, 11) is 0. The zero-order valence-corrected chi connectivity index (χ0v) is 40.3. The number of hydrogen-bond acceptors (Lipinski definition) is 6. The van der Waals surface area contributed by atoms with Crippen LogP contribution in [0.25, 0.3) is 0 Å². The molecule has 0 aliphatic rings. The van der Waals surface area contributed by atoms with Gasteiger partial charge in [-0.1, -0.05) is 213 Å². The van der Waals surface area contributed by atoms with Gasteiger partial charge in [-0.2, -0.15) is 0 Å². The van der Waals surface area contributed by atoms with Gasteiger partial charge in [0.25, 0.3) is 0 Å². The van der Waals surface area contributed by atoms with Crippen molar-refractivity contribution < 1.29 is 28.6 Å². The first-order chi connectivity index (χ1) is 31.0. The number of hydrogen-bond donors (Lipinski definition) is 0. The molecule has 1 atom stereocenters. The Kier molecular flexibility index (Phi) is 47.1. The second-order valence-electron chi connectivity index (χ2n) is 16.1. The molecule has 1 unspecified atom stereocenters. The Morgan fingerprint density at radius 2 is 0.714 bits per heavy atom. The molecule has 0 spiro atoms. The number of esters is 3. The Balaban J connectivity index is 4.58. The molecule has 0 radical (unpaired) electrons. The SMILES string of the molecule is CC\C=C/C=C\C=C/C=C\C=C\C=C/CCCCCC(=O)OCC(COC(=O)CCCCCCC/C=C\CCCC)OC(=O)CCC/C=C\C/C=C\C/C=C\CCCCCCCC. The predicted octanol–water partition coefficient (Wildman–Crippen LogP) is 16.5. The van der Waals surface area contributed by atoms with Crippen molar-refractivity contribution in [2.75, 3.05) is 13.2 Å². The summed E-state index contributed by atoms with van der Waals surface area (Å²) < 4.78 is 16.7. The van der Waals surface area contributed by atoms with Crippen LogP contribution in [0.3, 0.4) is 0 Å². The lowest BCUT2D eigenvalue weighted by molar-refractivity contribution is -0.167. The molecule has 6 heteroatoms. The van der Waals surface area contributed by atoms with Crippen molar-refractivity contribution in [1.29, 1.82) is 0 Å². The van der Waals surface area contributed by atoms with E-state index in [2.05, 4.69) is 81.5 Å². The zero-order chi connectivity index (χ0) is 45.8. The van der Waals surface area contributed by atoms with Crippen LogP contribution in [0.4, 0.5) is 0 Å². The summed E-state index contributed by atoms with van der Waals surface area (Å²) in [5.74, 6) is -1.04. The van der Waals surface area contributed by atoms with Crippen LogP contribution in [-0.2, 0) is 28.6 Å². The second-order valence-corrected chi connectivity index (χ2v) is 16.1. The van der Waals surface area contributed by atoms with E-state index in [0.717, 1.165) is 83.5 Å². The summed E-state index contributed by atoms with van der Waals surface area (Å²) in [6, 6.07) is 0. The van der Waals surface area contributed by atoms with E-state index in [-0.39, 0.29) is 37.5 Å². The molecule has 0 aliphatic carbocycles. The molecule has 0 aromatic heterocycles. The number of ether oxygens (including phenoxy) is 3. The standard InChI is InChI=1S/C57H90O6/c1-4-7-10-13-16-19-22-24-26-28-30-32-35-38-41-44-47-50-56(59)62-53-54(52-61-55(58)49-46-43-40-37-34-21-18-15-12-9-6-3)63-57(60)51-48-45-42-39-36-33-31-29-27-25-23-20-17-14-11-8-5-2/h7,10,13,15-16,18-19,22,24-28,30-33,35,39,42,54H,4-6,8-9,11-12,14,17,20-21,23,29,34,36-38,40-41,43-53H2,1-3H3/b10-7-,16-13-,18-15-,22-19-,26-24-,27-25-,30-28+,33-31-,35-32-,42-39-. The molecule has 0 fully saturated rings. The maximum Gasteiger partial charge on any atom is 0.306 e. The third kappa shape index (κ3) is 48.7. The van der Waals surface area contributed by atoms with Crippen LogP contribution in [0.15, 0.2) is 122 Å². The minimum atomic E-state index is -0.829. The highest BCUT2D eigenvalue weighted by Gasteiger charge is 2.19. The number of carbonyl (C=O) groups excluding carboxylic acids is 3. The fourth-order valence-electron chi connectivity index (χ4n) is 6.29. The van der Waals surface area contributed by atoms with E-state index in [1.54, 1.807) is 0 Å². The van der Waals surface area contributed by atoms with Gasteiger partial charge < -0.3 is 14.2 Å². The summed E-state index contributed by atoms with van der Waals surface area (Å²) in [4.78, 5) is 37.9. The molecule has 0 aromatic rings. The molecular weight excluding hydrogens is 781 g/mol. The monoisotopic (exact) mass is 871 g/mol. The van der Waals surface area contributed by atoms with Crippen LogP contribution in [0.5, 0.6) is 0 Å². The van der Waals surface area contributed by atoms with E-state index in [9.17, 15) is 14.4 Å². The Morgan fingerprint density at radius 1 is 0.349 bits per heavy atom. The molecule has 0 N–H and O–H groups in total. The van der Waals surface area contributed by atoms with Crippen molar-refractivity contribution >= 4 is 17.9 Å². The van der Waals surface area contributed by atoms with Crippen molar-refractivity contribution in [2.24, 2.45) is 0 Å². The topological polar surface area (TPSA) is 78.9 Å². The van der Waals surface area contributed by atoms with E-state index in [1.807, 2.05) is 60.8 Å². The van der Waals surface area contributed by atoms with Gasteiger partial charge in [-0.15, -0.1) is 0 Å². The number of rotatable bonds is 43. The first kappa shape index (κ1) is 58.8. The number of allylic oxidation sites excluding steroid dienone is 20. The third-order valence-corrected chi connectivity index (χ3v) is 10.1. The Labute approximate surface area is 386 Å². The van der Waals surface area contributed by atoms with Crippen molar-refractivity contribution in [3.63, 3.8) is 0 Å². The molecule has 0 aromatic carbocycles. The predicted molar refractivity (Wildman–Crippen MR) is 269 cm³/mol. The molecule has 0 aliphatic heterocycles. The smallest absolute Gasteiger partial charge is 0.306 e. The number of unbranched alkanes of at least 4 members (excludes halogenated alkanes) is 17. The van der Waals surface area contributed by atoms with Crippen LogP contribution in [0.2, 0.25) is 0 Å². The van der Waals surface area contributed by atoms with Crippen LogP contribution in [-0.4, -0.2) is 37.2 Å². The molecular formula is C57H90O6. The van der Waals surface area contributed by atoms with Crippen LogP contribution in [0, 0.1) is 0 Å². The van der Waals surface area contributed by atoms with Gasteiger partial charge in [0.1, 0.15) is 13.2 Å². The summed E-state index contributed by atoms with van der Waals surface area (Å²) in [6.45, 7) is 6.33. The minimum absolute atomic E-state index is 0.121. The lowest BCUT2D eigenvalue weighted by Crippen LogP contribution is -2.30. The van der Waals surface area contributed by atoms with E-state index in [0.29, 0.717) is 19.3 Å². The number of carbonyl (C=O) groups is 3. The molecule has 0 rings (SSSR count). The Morgan fingerprint density at radius 3 is 1.24 bits per heavy atom. The minimum Gasteiger partial charge on any atom is -0.462 e. The highest BCUT2D eigenvalue weighted by Crippen LogP contribution is 2.12. The van der Waals surface area contributed by atoms with E-state index >= 15 is 0 Å². The van der Waals surface area contributed by atoms with E-state index in [4.69, 9.17) is 14.2 Å². The Hall–Kier alpha value is -4.19. The molecule has 0 heterocycles. The summed E-state index contributed by atoms with van der Waals surface area (Å²) in [5, 5.41) is 0. The fraction of sp³-hybridized carbons (Fsp3) is 0.596. The molecule has 354 valence electrons. The van der Waals surface area contributed by atoms with Gasteiger partial charge in [0.05, 0.1) is 0 Å². The molecule has 0 saturated heterocycles. The lowest BCUT2D eigenvalue weighted by atomic mass is 10.1. The Bertz CT molecular complexity index is 1370. The van der Waals surface area contributed by atoms with E-state index in [1.165, 1.54) is 70.6 Å². The van der Waals surface area contributed by atoms with Gasteiger partial charge in [-0.05, 0) is 89.9 Å². The highest BCUT2D eigenvalue weighted by atomic mass is 16.6. The van der Waals surface area contributed by atoms with Gasteiger partial charge in [0.15, 0.2) is 6.10 Å². The maximum atomic E-state index is 12.8. The molecule has 63 heavy (non-hydrogen) atoms. The lowest BCUT2D eigenvalue weighted by Gasteiger charge is -2.18. The molecule has 6 nitrogen and oxygen atoms in total. The van der Waals surface area contributed by atoms with Crippen LogP contribution in [0.1, 0.15) is 201 Å². The van der Waals surface area contributed by atoms with Gasteiger partial charge in [0, 0.05) is 19.3 Å². The summed E-state index contributed by atoms with van der Waals surface area (Å²) in [6.07, 6.45) is 69.0. The fourth-order valence-corrected chi connectivity index (χ4v) is 6.29. The summed E-state index contributed by atoms with van der Waals surface area (Å²) in [5.41, 5.74) is 0. The van der Waals surface area contributed by atoms with Crippen molar-refractivity contribution in [3.8, 4) is 0 Å². The summed E-state index contributed by atoms with van der Waals surface area (Å²) >= 11 is 0. The largest absolute Gasteiger partial charge is 0.462 e. The average molecular weight is 871 g/mol. The first-order valence-electron chi connectivity index (χ1n) is 25.1. The first-order valence-corrected chi connectivity index (χ1v) is 25.1. The van der Waals surface area contributed by atoms with Crippen LogP contribution >= 0.6 is 0 Å². The van der Waals surface area contributed by atoms with Crippen LogP contribution < -0.4 is 0 Å². The molecule has 0 saturated carbocycles. The maximum absolute atomic E-state index is 12.8. The van der Waals surface area contributed by atoms with Gasteiger partial charge in [0.2, 0.25) is 0 Å². The normalized spacial score (nSPS) is 13.1.